The van der Waals surface area contributed by atoms with Crippen molar-refractivity contribution in [1.29, 1.82) is 0 Å². The fraction of sp³-hybridized carbons (Fsp3) is 0. The van der Waals surface area contributed by atoms with Crippen LogP contribution >= 0.6 is 50.5 Å². The third-order valence-electron chi connectivity index (χ3n) is 2.13. The normalized spacial score (nSPS) is 10.6. The van der Waals surface area contributed by atoms with Crippen molar-refractivity contribution in [1.82, 2.24) is 9.97 Å². The van der Waals surface area contributed by atoms with Crippen LogP contribution in [0.1, 0.15) is 0 Å². The Morgan fingerprint density at radius 3 is 2.41 bits per heavy atom. The van der Waals surface area contributed by atoms with Crippen LogP contribution in [0.2, 0.25) is 0 Å². The topological polar surface area (TPSA) is 46.0 Å². The highest BCUT2D eigenvalue weighted by Crippen LogP contribution is 2.40. The maximum absolute atomic E-state index is 9.69. The van der Waals surface area contributed by atoms with Gasteiger partial charge >= 0.3 is 0 Å². The molecule has 0 bridgehead atoms. The predicted octanol–water partition coefficient (Wildman–Crippen LogP) is 2.80. The summed E-state index contributed by atoms with van der Waals surface area (Å²) in [6, 6.07) is 1.71. The molecule has 87 valence electrons. The highest BCUT2D eigenvalue weighted by atomic mass is 32.1. The smallest absolute Gasteiger partial charge is 0.198 e. The lowest BCUT2D eigenvalue weighted by Gasteiger charge is -2.11. The summed E-state index contributed by atoms with van der Waals surface area (Å²) in [5, 5.41) is 9.69. The van der Waals surface area contributed by atoms with E-state index in [4.69, 9.17) is 0 Å². The molecule has 0 amide bonds. The van der Waals surface area contributed by atoms with E-state index in [0.29, 0.717) is 30.8 Å². The van der Waals surface area contributed by atoms with Gasteiger partial charge in [-0.05, 0) is 6.07 Å². The van der Waals surface area contributed by atoms with Crippen molar-refractivity contribution in [3.05, 3.63) is 18.6 Å². The molecular formula is C10H7N2OS4. The van der Waals surface area contributed by atoms with Crippen molar-refractivity contribution in [2.24, 2.45) is 0 Å². The zero-order valence-corrected chi connectivity index (χ0v) is 11.9. The Balaban J connectivity index is 2.73. The number of aromatic nitrogens is 2. The molecule has 1 aromatic carbocycles. The molecule has 17 heavy (non-hydrogen) atoms. The summed E-state index contributed by atoms with van der Waals surface area (Å²) < 4.78 is 0. The van der Waals surface area contributed by atoms with Crippen LogP contribution in [0.5, 0.6) is 5.75 Å². The highest BCUT2D eigenvalue weighted by Gasteiger charge is 2.15. The minimum atomic E-state index is -0.0496. The number of hydrogen-bond donors (Lipinski definition) is 5. The van der Waals surface area contributed by atoms with Crippen LogP contribution in [0.4, 0.5) is 0 Å². The average molecular weight is 299 g/mol. The second-order valence-electron chi connectivity index (χ2n) is 3.19. The first-order valence-electron chi connectivity index (χ1n) is 4.41. The van der Waals surface area contributed by atoms with Crippen LogP contribution in [0.25, 0.3) is 11.3 Å². The van der Waals surface area contributed by atoms with Gasteiger partial charge in [-0.25, -0.2) is 9.97 Å². The molecule has 0 saturated carbocycles. The Labute approximate surface area is 120 Å². The van der Waals surface area contributed by atoms with E-state index < -0.39 is 0 Å². The average Bonchev–Trinajstić information content (AvgIpc) is 2.32. The zero-order chi connectivity index (χ0) is 12.6. The second-order valence-corrected chi connectivity index (χ2v) is 5.02. The number of benzene rings is 1. The summed E-state index contributed by atoms with van der Waals surface area (Å²) in [4.78, 5) is 9.90. The summed E-state index contributed by atoms with van der Waals surface area (Å²) in [5.74, 6) is -0.0496. The number of aromatic hydroxyl groups is 1. The van der Waals surface area contributed by atoms with Gasteiger partial charge in [0.15, 0.2) is 12.1 Å². The molecule has 0 unspecified atom stereocenters. The fourth-order valence-electron chi connectivity index (χ4n) is 1.30. The summed E-state index contributed by atoms with van der Waals surface area (Å²) in [7, 11) is 0. The summed E-state index contributed by atoms with van der Waals surface area (Å²) in [6.45, 7) is 0. The lowest BCUT2D eigenvalue weighted by molar-refractivity contribution is 0.471. The van der Waals surface area contributed by atoms with Crippen LogP contribution in [0, 0.1) is 6.33 Å². The molecule has 2 aromatic rings. The molecule has 1 heterocycles. The van der Waals surface area contributed by atoms with Crippen LogP contribution in [-0.4, -0.2) is 15.1 Å². The molecule has 0 saturated heterocycles. The predicted molar refractivity (Wildman–Crippen MR) is 77.0 cm³/mol. The molecule has 7 heteroatoms. The molecule has 1 radical (unpaired) electrons. The largest absolute Gasteiger partial charge is 0.504 e. The lowest BCUT2D eigenvalue weighted by Crippen LogP contribution is -1.90. The van der Waals surface area contributed by atoms with Crippen molar-refractivity contribution in [2.45, 2.75) is 19.6 Å². The van der Waals surface area contributed by atoms with Crippen LogP contribution in [0.3, 0.4) is 0 Å². The van der Waals surface area contributed by atoms with Crippen LogP contribution in [-0.2, 0) is 0 Å². The second kappa shape index (κ2) is 5.01. The van der Waals surface area contributed by atoms with Gasteiger partial charge < -0.3 is 5.11 Å². The third kappa shape index (κ3) is 2.37. The fourth-order valence-corrected chi connectivity index (χ4v) is 2.42. The Hall–Kier alpha value is -0.500. The van der Waals surface area contributed by atoms with E-state index in [0.717, 1.165) is 0 Å². The maximum Gasteiger partial charge on any atom is 0.198 e. The molecule has 2 rings (SSSR count). The number of hydrogen-bond acceptors (Lipinski definition) is 7. The third-order valence-corrected chi connectivity index (χ3v) is 4.39. The quantitative estimate of drug-likeness (QED) is 0.526. The minimum Gasteiger partial charge on any atom is -0.504 e. The molecule has 1 aromatic heterocycles. The lowest BCUT2D eigenvalue weighted by atomic mass is 10.1. The summed E-state index contributed by atoms with van der Waals surface area (Å²) in [5.41, 5.74) is 0.946. The molecule has 0 spiro atoms. The van der Waals surface area contributed by atoms with Gasteiger partial charge in [0.25, 0.3) is 0 Å². The highest BCUT2D eigenvalue weighted by molar-refractivity contribution is 7.86. The van der Waals surface area contributed by atoms with Gasteiger partial charge in [-0.1, -0.05) is 0 Å². The first-order valence-corrected chi connectivity index (χ1v) is 6.20. The summed E-state index contributed by atoms with van der Waals surface area (Å²) >= 11 is 17.2. The molecule has 0 atom stereocenters. The van der Waals surface area contributed by atoms with E-state index in [2.05, 4.69) is 66.8 Å². The van der Waals surface area contributed by atoms with Crippen molar-refractivity contribution in [3.63, 3.8) is 0 Å². The molecule has 1 N–H and O–H groups in total. The van der Waals surface area contributed by atoms with E-state index in [1.54, 1.807) is 6.07 Å². The van der Waals surface area contributed by atoms with Gasteiger partial charge in [0.05, 0.1) is 6.20 Å². The Kier molecular flexibility index (Phi) is 3.82. The van der Waals surface area contributed by atoms with Crippen molar-refractivity contribution in [2.75, 3.05) is 0 Å². The van der Waals surface area contributed by atoms with Crippen molar-refractivity contribution in [3.8, 4) is 17.0 Å². The first-order chi connectivity index (χ1) is 8.02. The van der Waals surface area contributed by atoms with E-state index in [9.17, 15) is 5.11 Å². The molecule has 0 fully saturated rings. The molecule has 0 aliphatic heterocycles. The van der Waals surface area contributed by atoms with Gasteiger partial charge in [-0.15, -0.1) is 50.5 Å². The van der Waals surface area contributed by atoms with E-state index in [-0.39, 0.29) is 5.75 Å². The first kappa shape index (κ1) is 12.9. The molecule has 0 aliphatic carbocycles. The summed E-state index contributed by atoms with van der Waals surface area (Å²) in [6.07, 6.45) is 3.68. The zero-order valence-electron chi connectivity index (χ0n) is 8.29. The van der Waals surface area contributed by atoms with E-state index in [1.165, 1.54) is 6.20 Å². The Morgan fingerprint density at radius 2 is 1.76 bits per heavy atom. The van der Waals surface area contributed by atoms with Crippen molar-refractivity contribution < 1.29 is 5.11 Å². The SMILES string of the molecule is Oc1cn[c]nc1-c1cc(S)c(S)c(S)c1S. The van der Waals surface area contributed by atoms with Crippen molar-refractivity contribution >= 4 is 50.5 Å². The molecule has 3 nitrogen and oxygen atoms in total. The minimum absolute atomic E-state index is 0.0496. The van der Waals surface area contributed by atoms with Gasteiger partial charge in [-0.3, -0.25) is 0 Å². The number of nitrogens with zero attached hydrogens (tertiary/aromatic N) is 2. The monoisotopic (exact) mass is 299 g/mol. The van der Waals surface area contributed by atoms with Gasteiger partial charge in [0.2, 0.25) is 0 Å². The van der Waals surface area contributed by atoms with Gasteiger partial charge in [0, 0.05) is 25.1 Å². The Bertz CT molecular complexity index is 589. The van der Waals surface area contributed by atoms with E-state index >= 15 is 0 Å². The number of thiol groups is 4. The molecule has 0 aliphatic rings. The van der Waals surface area contributed by atoms with E-state index in [1.807, 2.05) is 0 Å². The van der Waals surface area contributed by atoms with Crippen LogP contribution < -0.4 is 0 Å². The molecular weight excluding hydrogens is 292 g/mol. The number of rotatable bonds is 1. The van der Waals surface area contributed by atoms with Gasteiger partial charge in [-0.2, -0.15) is 0 Å². The van der Waals surface area contributed by atoms with Gasteiger partial charge in [0.1, 0.15) is 5.69 Å². The maximum atomic E-state index is 9.69. The van der Waals surface area contributed by atoms with Crippen LogP contribution in [0.15, 0.2) is 31.8 Å². The Morgan fingerprint density at radius 1 is 1.06 bits per heavy atom. The standard InChI is InChI=1S/C10H7N2OS4/c13-5-2-11-3-12-7(5)4-1-6(14)9(16)10(17)8(4)15/h1-2,13-17H.